The van der Waals surface area contributed by atoms with Crippen LogP contribution in [0.15, 0.2) is 24.5 Å². The fourth-order valence-corrected chi connectivity index (χ4v) is 1.44. The smallest absolute Gasteiger partial charge is 0.220 e. The molecular weight excluding hydrogens is 188 g/mol. The molecule has 4 nitrogen and oxygen atoms in total. The molecule has 76 valence electrons. The lowest BCUT2D eigenvalue weighted by Gasteiger charge is -2.05. The number of anilines is 1. The highest BCUT2D eigenvalue weighted by Gasteiger charge is 2.05. The number of aromatic nitrogens is 3. The molecule has 0 spiro atoms. The van der Waals surface area contributed by atoms with Crippen molar-refractivity contribution >= 4 is 5.95 Å². The second-order valence-electron chi connectivity index (χ2n) is 3.45. The molecule has 15 heavy (non-hydrogen) atoms. The summed E-state index contributed by atoms with van der Waals surface area (Å²) in [6.45, 7) is 3.91. The molecule has 2 heterocycles. The standard InChI is InChI=1S/C11H12N4/c1-7-6-14-11(12)15-10(7)9-3-4-13-8(2)5-9/h3-6H,1-2H3,(H2,12,14,15). The molecule has 0 aromatic carbocycles. The maximum Gasteiger partial charge on any atom is 0.220 e. The normalized spacial score (nSPS) is 10.3. The molecule has 2 rings (SSSR count). The molecule has 0 unspecified atom stereocenters. The van der Waals surface area contributed by atoms with Crippen molar-refractivity contribution in [3.63, 3.8) is 0 Å². The Morgan fingerprint density at radius 2 is 2.00 bits per heavy atom. The van der Waals surface area contributed by atoms with E-state index in [1.54, 1.807) is 12.4 Å². The zero-order valence-corrected chi connectivity index (χ0v) is 8.73. The first-order chi connectivity index (χ1) is 7.16. The van der Waals surface area contributed by atoms with Gasteiger partial charge in [-0.3, -0.25) is 4.98 Å². The van der Waals surface area contributed by atoms with E-state index in [0.29, 0.717) is 5.95 Å². The topological polar surface area (TPSA) is 64.7 Å². The van der Waals surface area contributed by atoms with Gasteiger partial charge in [0.05, 0.1) is 5.69 Å². The lowest BCUT2D eigenvalue weighted by Crippen LogP contribution is -1.98. The van der Waals surface area contributed by atoms with Crippen LogP contribution in [0.25, 0.3) is 11.3 Å². The number of hydrogen-bond acceptors (Lipinski definition) is 4. The third-order valence-electron chi connectivity index (χ3n) is 2.16. The van der Waals surface area contributed by atoms with Gasteiger partial charge in [0.2, 0.25) is 5.95 Å². The van der Waals surface area contributed by atoms with Crippen LogP contribution in [-0.4, -0.2) is 15.0 Å². The van der Waals surface area contributed by atoms with Gasteiger partial charge in [0.1, 0.15) is 0 Å². The van der Waals surface area contributed by atoms with E-state index in [-0.39, 0.29) is 0 Å². The van der Waals surface area contributed by atoms with E-state index >= 15 is 0 Å². The SMILES string of the molecule is Cc1cc(-c2nc(N)ncc2C)ccn1. The third-order valence-corrected chi connectivity index (χ3v) is 2.16. The average Bonchev–Trinajstić information content (AvgIpc) is 2.22. The van der Waals surface area contributed by atoms with Gasteiger partial charge in [-0.05, 0) is 31.5 Å². The van der Waals surface area contributed by atoms with Crippen molar-refractivity contribution < 1.29 is 0 Å². The van der Waals surface area contributed by atoms with Gasteiger partial charge in [0, 0.05) is 23.7 Å². The number of hydrogen-bond donors (Lipinski definition) is 1. The van der Waals surface area contributed by atoms with Crippen LogP contribution >= 0.6 is 0 Å². The van der Waals surface area contributed by atoms with Crippen LogP contribution in [0, 0.1) is 13.8 Å². The number of rotatable bonds is 1. The van der Waals surface area contributed by atoms with E-state index in [2.05, 4.69) is 15.0 Å². The summed E-state index contributed by atoms with van der Waals surface area (Å²) in [5, 5.41) is 0. The quantitative estimate of drug-likeness (QED) is 0.761. The highest BCUT2D eigenvalue weighted by molar-refractivity contribution is 5.63. The molecule has 2 N–H and O–H groups in total. The van der Waals surface area contributed by atoms with Gasteiger partial charge in [-0.1, -0.05) is 0 Å². The predicted molar refractivity (Wildman–Crippen MR) is 59.1 cm³/mol. The molecule has 0 radical (unpaired) electrons. The Labute approximate surface area is 88.2 Å². The molecule has 0 fully saturated rings. The van der Waals surface area contributed by atoms with Gasteiger partial charge >= 0.3 is 0 Å². The molecule has 0 saturated carbocycles. The molecule has 4 heteroatoms. The van der Waals surface area contributed by atoms with E-state index in [4.69, 9.17) is 5.73 Å². The van der Waals surface area contributed by atoms with Crippen molar-refractivity contribution in [2.75, 3.05) is 5.73 Å². The maximum absolute atomic E-state index is 5.57. The lowest BCUT2D eigenvalue weighted by atomic mass is 10.1. The number of pyridine rings is 1. The van der Waals surface area contributed by atoms with Crippen LogP contribution in [0.2, 0.25) is 0 Å². The van der Waals surface area contributed by atoms with E-state index in [0.717, 1.165) is 22.5 Å². The Morgan fingerprint density at radius 1 is 1.20 bits per heavy atom. The molecule has 2 aromatic heterocycles. The molecule has 0 saturated heterocycles. The second-order valence-corrected chi connectivity index (χ2v) is 3.45. The summed E-state index contributed by atoms with van der Waals surface area (Å²) in [4.78, 5) is 12.3. The van der Waals surface area contributed by atoms with Crippen LogP contribution in [0.3, 0.4) is 0 Å². The first-order valence-electron chi connectivity index (χ1n) is 4.69. The molecule has 0 bridgehead atoms. The van der Waals surface area contributed by atoms with E-state index in [1.807, 2.05) is 26.0 Å². The van der Waals surface area contributed by atoms with Crippen LogP contribution in [-0.2, 0) is 0 Å². The number of nitrogen functional groups attached to an aromatic ring is 1. The first-order valence-corrected chi connectivity index (χ1v) is 4.69. The molecule has 0 atom stereocenters. The fourth-order valence-electron chi connectivity index (χ4n) is 1.44. The number of nitrogens with two attached hydrogens (primary N) is 1. The summed E-state index contributed by atoms with van der Waals surface area (Å²) in [6, 6.07) is 3.90. The Hall–Kier alpha value is -1.97. The highest BCUT2D eigenvalue weighted by atomic mass is 15.0. The van der Waals surface area contributed by atoms with Crippen LogP contribution in [0.5, 0.6) is 0 Å². The van der Waals surface area contributed by atoms with Crippen LogP contribution in [0.4, 0.5) is 5.95 Å². The van der Waals surface area contributed by atoms with Crippen molar-refractivity contribution in [1.82, 2.24) is 15.0 Å². The van der Waals surface area contributed by atoms with Crippen molar-refractivity contribution in [2.45, 2.75) is 13.8 Å². The van der Waals surface area contributed by atoms with E-state index in [1.165, 1.54) is 0 Å². The highest BCUT2D eigenvalue weighted by Crippen LogP contribution is 2.20. The summed E-state index contributed by atoms with van der Waals surface area (Å²) in [5.74, 6) is 0.296. The van der Waals surface area contributed by atoms with Crippen LogP contribution in [0.1, 0.15) is 11.3 Å². The molecule has 0 aliphatic heterocycles. The van der Waals surface area contributed by atoms with E-state index in [9.17, 15) is 0 Å². The first kappa shape index (κ1) is 9.58. The minimum Gasteiger partial charge on any atom is -0.368 e. The zero-order valence-electron chi connectivity index (χ0n) is 8.73. The van der Waals surface area contributed by atoms with Crippen molar-refractivity contribution in [3.05, 3.63) is 35.8 Å². The summed E-state index contributed by atoms with van der Waals surface area (Å²) >= 11 is 0. The van der Waals surface area contributed by atoms with Crippen LogP contribution < -0.4 is 5.73 Å². The van der Waals surface area contributed by atoms with Crippen molar-refractivity contribution in [2.24, 2.45) is 0 Å². The van der Waals surface area contributed by atoms with Gasteiger partial charge < -0.3 is 5.73 Å². The maximum atomic E-state index is 5.57. The van der Waals surface area contributed by atoms with Gasteiger partial charge in [0.15, 0.2) is 0 Å². The molecular formula is C11H12N4. The Bertz CT molecular complexity index is 494. The zero-order chi connectivity index (χ0) is 10.8. The number of nitrogens with zero attached hydrogens (tertiary/aromatic N) is 3. The molecule has 0 aliphatic carbocycles. The molecule has 0 aliphatic rings. The third kappa shape index (κ3) is 1.93. The van der Waals surface area contributed by atoms with Gasteiger partial charge in [-0.15, -0.1) is 0 Å². The lowest BCUT2D eigenvalue weighted by molar-refractivity contribution is 1.14. The Kier molecular flexibility index (Phi) is 2.33. The van der Waals surface area contributed by atoms with Gasteiger partial charge in [0.25, 0.3) is 0 Å². The van der Waals surface area contributed by atoms with Crippen molar-refractivity contribution in [3.8, 4) is 11.3 Å². The summed E-state index contributed by atoms with van der Waals surface area (Å²) in [7, 11) is 0. The summed E-state index contributed by atoms with van der Waals surface area (Å²) in [6.07, 6.45) is 3.50. The number of aryl methyl sites for hydroxylation is 2. The molecule has 2 aromatic rings. The monoisotopic (exact) mass is 200 g/mol. The van der Waals surface area contributed by atoms with E-state index < -0.39 is 0 Å². The second kappa shape index (κ2) is 3.65. The largest absolute Gasteiger partial charge is 0.368 e. The molecule has 0 amide bonds. The average molecular weight is 200 g/mol. The minimum absolute atomic E-state index is 0.296. The van der Waals surface area contributed by atoms with Crippen molar-refractivity contribution in [1.29, 1.82) is 0 Å². The summed E-state index contributed by atoms with van der Waals surface area (Å²) < 4.78 is 0. The predicted octanol–water partition coefficient (Wildman–Crippen LogP) is 1.74. The fraction of sp³-hybridized carbons (Fsp3) is 0.182. The minimum atomic E-state index is 0.296. The van der Waals surface area contributed by atoms with Gasteiger partial charge in [-0.25, -0.2) is 9.97 Å². The Balaban J connectivity index is 2.58. The Morgan fingerprint density at radius 3 is 2.73 bits per heavy atom. The summed E-state index contributed by atoms with van der Waals surface area (Å²) in [5.41, 5.74) is 9.43. The van der Waals surface area contributed by atoms with Gasteiger partial charge in [-0.2, -0.15) is 0 Å².